The molecule has 0 aliphatic rings. The largest absolute Gasteiger partial charge is 0.462 e. The number of anilines is 1. The minimum atomic E-state index is -0.376. The van der Waals surface area contributed by atoms with Crippen LogP contribution in [-0.4, -0.2) is 27.9 Å². The number of hydrogen-bond donors (Lipinski definition) is 1. The minimum absolute atomic E-state index is 0.110. The molecule has 0 spiro atoms. The van der Waals surface area contributed by atoms with E-state index in [0.717, 1.165) is 27.1 Å². The maximum atomic E-state index is 12.6. The Morgan fingerprint density at radius 3 is 2.50 bits per heavy atom. The van der Waals surface area contributed by atoms with Crippen LogP contribution in [-0.2, 0) is 16.0 Å². The molecule has 0 bridgehead atoms. The van der Waals surface area contributed by atoms with E-state index in [1.165, 1.54) is 0 Å². The number of aromatic nitrogens is 2. The van der Waals surface area contributed by atoms with E-state index in [2.05, 4.69) is 21.2 Å². The van der Waals surface area contributed by atoms with E-state index >= 15 is 0 Å². The number of aryl methyl sites for hydroxylation is 1. The van der Waals surface area contributed by atoms with Gasteiger partial charge in [-0.1, -0.05) is 34.1 Å². The molecule has 32 heavy (non-hydrogen) atoms. The molecular weight excluding hydrogens is 470 g/mol. The molecule has 1 N–H and O–H groups in total. The maximum absolute atomic E-state index is 12.6. The van der Waals surface area contributed by atoms with Gasteiger partial charge >= 0.3 is 5.97 Å². The maximum Gasteiger partial charge on any atom is 0.338 e. The summed E-state index contributed by atoms with van der Waals surface area (Å²) in [5.74, 6) is -0.486. The predicted molar refractivity (Wildman–Crippen MR) is 128 cm³/mol. The molecule has 2 aromatic heterocycles. The Bertz CT molecular complexity index is 1250. The first-order valence-electron chi connectivity index (χ1n) is 10.3. The number of esters is 1. The Morgan fingerprint density at radius 1 is 1.03 bits per heavy atom. The van der Waals surface area contributed by atoms with Crippen LogP contribution in [0.2, 0.25) is 0 Å². The summed E-state index contributed by atoms with van der Waals surface area (Å²) in [5, 5.41) is 2.89. The van der Waals surface area contributed by atoms with E-state index < -0.39 is 0 Å². The van der Waals surface area contributed by atoms with Crippen molar-refractivity contribution in [1.29, 1.82) is 0 Å². The summed E-state index contributed by atoms with van der Waals surface area (Å²) in [6.07, 6.45) is 2.79. The Labute approximate surface area is 194 Å². The Kier molecular flexibility index (Phi) is 6.66. The average Bonchev–Trinajstić information content (AvgIpc) is 3.17. The number of nitrogens with zero attached hydrogens (tertiary/aromatic N) is 2. The van der Waals surface area contributed by atoms with E-state index in [-0.39, 0.29) is 11.9 Å². The van der Waals surface area contributed by atoms with E-state index in [9.17, 15) is 9.59 Å². The molecule has 0 saturated carbocycles. The third-order valence-electron chi connectivity index (χ3n) is 5.02. The number of nitrogens with one attached hydrogen (secondary N) is 1. The minimum Gasteiger partial charge on any atom is -0.462 e. The van der Waals surface area contributed by atoms with Crippen LogP contribution in [0.25, 0.3) is 16.9 Å². The molecule has 0 radical (unpaired) electrons. The van der Waals surface area contributed by atoms with Crippen LogP contribution in [0, 0.1) is 0 Å². The lowest BCUT2D eigenvalue weighted by molar-refractivity contribution is -0.116. The lowest BCUT2D eigenvalue weighted by atomic mass is 10.1. The first-order chi connectivity index (χ1) is 15.5. The Balaban J connectivity index is 1.49. The molecule has 0 unspecified atom stereocenters. The third-order valence-corrected chi connectivity index (χ3v) is 5.54. The van der Waals surface area contributed by atoms with Crippen LogP contribution < -0.4 is 5.32 Å². The second-order valence-corrected chi connectivity index (χ2v) is 8.10. The highest BCUT2D eigenvalue weighted by Gasteiger charge is 2.15. The first kappa shape index (κ1) is 21.8. The summed E-state index contributed by atoms with van der Waals surface area (Å²) in [6.45, 7) is 2.08. The van der Waals surface area contributed by atoms with Crippen LogP contribution >= 0.6 is 15.9 Å². The zero-order valence-electron chi connectivity index (χ0n) is 17.5. The van der Waals surface area contributed by atoms with Crippen molar-refractivity contribution in [3.8, 4) is 11.3 Å². The van der Waals surface area contributed by atoms with Crippen LogP contribution in [0.5, 0.6) is 0 Å². The summed E-state index contributed by atoms with van der Waals surface area (Å²) >= 11 is 3.47. The molecule has 0 aliphatic carbocycles. The number of halogens is 1. The van der Waals surface area contributed by atoms with Gasteiger partial charge in [-0.15, -0.1) is 0 Å². The smallest absolute Gasteiger partial charge is 0.338 e. The van der Waals surface area contributed by atoms with Gasteiger partial charge in [-0.3, -0.25) is 4.79 Å². The van der Waals surface area contributed by atoms with Gasteiger partial charge in [0, 0.05) is 28.3 Å². The summed E-state index contributed by atoms with van der Waals surface area (Å²) in [4.78, 5) is 29.2. The van der Waals surface area contributed by atoms with Crippen molar-refractivity contribution in [1.82, 2.24) is 9.38 Å². The van der Waals surface area contributed by atoms with Crippen LogP contribution in [0.4, 0.5) is 5.69 Å². The third kappa shape index (κ3) is 4.89. The fourth-order valence-corrected chi connectivity index (χ4v) is 3.75. The number of ether oxygens (including phenoxy) is 1. The predicted octanol–water partition coefficient (Wildman–Crippen LogP) is 5.51. The van der Waals surface area contributed by atoms with Crippen molar-refractivity contribution in [2.75, 3.05) is 11.9 Å². The highest BCUT2D eigenvalue weighted by atomic mass is 79.9. The Hall–Kier alpha value is -3.45. The van der Waals surface area contributed by atoms with Crippen molar-refractivity contribution in [2.24, 2.45) is 0 Å². The fraction of sp³-hybridized carbons (Fsp3) is 0.160. The van der Waals surface area contributed by atoms with E-state index in [4.69, 9.17) is 9.72 Å². The monoisotopic (exact) mass is 491 g/mol. The van der Waals surface area contributed by atoms with Crippen LogP contribution in [0.3, 0.4) is 0 Å². The number of hydrogen-bond acceptors (Lipinski definition) is 4. The highest BCUT2D eigenvalue weighted by molar-refractivity contribution is 9.10. The number of imidazole rings is 1. The number of benzene rings is 2. The lowest BCUT2D eigenvalue weighted by Gasteiger charge is -2.08. The summed E-state index contributed by atoms with van der Waals surface area (Å²) < 4.78 is 8.01. The van der Waals surface area contributed by atoms with Crippen molar-refractivity contribution in [2.45, 2.75) is 19.8 Å². The molecular formula is C25H22BrN3O3. The van der Waals surface area contributed by atoms with Gasteiger partial charge in [0.15, 0.2) is 0 Å². The van der Waals surface area contributed by atoms with Gasteiger partial charge in [0.2, 0.25) is 5.91 Å². The molecule has 0 aliphatic heterocycles. The number of rotatable bonds is 7. The lowest BCUT2D eigenvalue weighted by Crippen LogP contribution is -2.13. The average molecular weight is 492 g/mol. The topological polar surface area (TPSA) is 72.7 Å². The van der Waals surface area contributed by atoms with Gasteiger partial charge in [0.1, 0.15) is 5.65 Å². The molecule has 6 nitrogen and oxygen atoms in total. The molecule has 2 aromatic carbocycles. The van der Waals surface area contributed by atoms with Gasteiger partial charge in [-0.25, -0.2) is 9.78 Å². The molecule has 0 fully saturated rings. The number of pyridine rings is 1. The molecule has 4 aromatic rings. The van der Waals surface area contributed by atoms with Crippen LogP contribution in [0.1, 0.15) is 29.4 Å². The summed E-state index contributed by atoms with van der Waals surface area (Å²) in [5.41, 5.74) is 4.78. The molecule has 0 saturated heterocycles. The molecule has 0 atom stereocenters. The highest BCUT2D eigenvalue weighted by Crippen LogP contribution is 2.27. The van der Waals surface area contributed by atoms with Gasteiger partial charge in [-0.05, 0) is 61.9 Å². The van der Waals surface area contributed by atoms with Crippen molar-refractivity contribution < 1.29 is 14.3 Å². The molecule has 2 heterocycles. The number of fused-ring (bicyclic) bond motifs is 1. The standard InChI is InChI=1S/C25H22BrN3O3/c1-2-32-25(31)18-8-12-20(13-9-18)27-23(30)15-14-21-24(17-6-10-19(26)11-7-17)28-22-5-3-4-16-29(21)22/h3-13,16H,2,14-15H2,1H3,(H,27,30). The van der Waals surface area contributed by atoms with Gasteiger partial charge < -0.3 is 14.5 Å². The van der Waals surface area contributed by atoms with Crippen molar-refractivity contribution in [3.05, 3.63) is 88.7 Å². The van der Waals surface area contributed by atoms with E-state index in [1.54, 1.807) is 31.2 Å². The quantitative estimate of drug-likeness (QED) is 0.346. The summed E-state index contributed by atoms with van der Waals surface area (Å²) in [7, 11) is 0. The van der Waals surface area contributed by atoms with Gasteiger partial charge in [0.05, 0.1) is 23.6 Å². The molecule has 7 heteroatoms. The number of carbonyl (C=O) groups is 2. The SMILES string of the molecule is CCOC(=O)c1ccc(NC(=O)CCc2c(-c3ccc(Br)cc3)nc3ccccn23)cc1. The Morgan fingerprint density at radius 2 is 1.78 bits per heavy atom. The van der Waals surface area contributed by atoms with E-state index in [0.29, 0.717) is 30.7 Å². The summed E-state index contributed by atoms with van der Waals surface area (Å²) in [6, 6.07) is 20.5. The fourth-order valence-electron chi connectivity index (χ4n) is 3.48. The number of amides is 1. The van der Waals surface area contributed by atoms with Gasteiger partial charge in [0.25, 0.3) is 0 Å². The van der Waals surface area contributed by atoms with Crippen molar-refractivity contribution >= 4 is 39.1 Å². The zero-order valence-corrected chi connectivity index (χ0v) is 19.1. The molecule has 4 rings (SSSR count). The second-order valence-electron chi connectivity index (χ2n) is 7.19. The van der Waals surface area contributed by atoms with Gasteiger partial charge in [-0.2, -0.15) is 0 Å². The molecule has 162 valence electrons. The van der Waals surface area contributed by atoms with Crippen molar-refractivity contribution in [3.63, 3.8) is 0 Å². The molecule has 1 amide bonds. The first-order valence-corrected chi connectivity index (χ1v) is 11.1. The number of carbonyl (C=O) groups excluding carboxylic acids is 2. The zero-order chi connectivity index (χ0) is 22.5. The normalized spacial score (nSPS) is 10.8. The second kappa shape index (κ2) is 9.78. The van der Waals surface area contributed by atoms with E-state index in [1.807, 2.05) is 53.1 Å². The van der Waals surface area contributed by atoms with Crippen LogP contribution in [0.15, 0.2) is 77.4 Å².